The van der Waals surface area contributed by atoms with Crippen molar-refractivity contribution in [1.29, 1.82) is 0 Å². The van der Waals surface area contributed by atoms with Crippen LogP contribution in [0.1, 0.15) is 36.6 Å². The minimum Gasteiger partial charge on any atom is -0.337 e. The number of carbonyl (C=O) groups excluding carboxylic acids is 1. The van der Waals surface area contributed by atoms with Gasteiger partial charge in [-0.15, -0.1) is 0 Å². The molecule has 0 saturated carbocycles. The number of hydrogen-bond donors (Lipinski definition) is 1. The predicted octanol–water partition coefficient (Wildman–Crippen LogP) is 2.32. The van der Waals surface area contributed by atoms with Crippen molar-refractivity contribution >= 4 is 5.91 Å². The fraction of sp³-hybridized carbons (Fsp3) is 0.474. The Labute approximate surface area is 143 Å². The van der Waals surface area contributed by atoms with E-state index in [0.717, 1.165) is 25.1 Å². The maximum absolute atomic E-state index is 12.5. The summed E-state index contributed by atoms with van der Waals surface area (Å²) in [5.41, 5.74) is 3.79. The number of amides is 1. The number of nitrogens with zero attached hydrogens (tertiary/aromatic N) is 3. The number of fused-ring (bicyclic) bond motifs is 1. The van der Waals surface area contributed by atoms with E-state index in [0.29, 0.717) is 6.54 Å². The second-order valence-corrected chi connectivity index (χ2v) is 6.74. The van der Waals surface area contributed by atoms with Crippen molar-refractivity contribution in [2.75, 3.05) is 13.1 Å². The average Bonchev–Trinajstić information content (AvgIpc) is 3.04. The highest BCUT2D eigenvalue weighted by Crippen LogP contribution is 2.18. The summed E-state index contributed by atoms with van der Waals surface area (Å²) in [5, 5.41) is 7.72. The molecule has 1 aromatic carbocycles. The summed E-state index contributed by atoms with van der Waals surface area (Å²) in [6, 6.07) is 8.76. The van der Waals surface area contributed by atoms with E-state index < -0.39 is 0 Å². The summed E-state index contributed by atoms with van der Waals surface area (Å²) in [7, 11) is 0. The molecule has 1 aliphatic heterocycles. The zero-order valence-corrected chi connectivity index (χ0v) is 14.7. The van der Waals surface area contributed by atoms with Crippen LogP contribution in [0.15, 0.2) is 36.7 Å². The highest BCUT2D eigenvalue weighted by molar-refractivity contribution is 5.78. The van der Waals surface area contributed by atoms with Gasteiger partial charge >= 0.3 is 0 Å². The SMILES string of the molecule is Cc1cnn([C@H](C)[C@H](C)NCC(=O)N2CCc3ccccc3C2)c1. The van der Waals surface area contributed by atoms with Crippen LogP contribution >= 0.6 is 0 Å². The molecule has 0 unspecified atom stereocenters. The van der Waals surface area contributed by atoms with Gasteiger partial charge in [-0.2, -0.15) is 5.10 Å². The summed E-state index contributed by atoms with van der Waals surface area (Å²) in [5.74, 6) is 0.167. The molecule has 24 heavy (non-hydrogen) atoms. The highest BCUT2D eigenvalue weighted by atomic mass is 16.2. The van der Waals surface area contributed by atoms with Crippen LogP contribution in [0, 0.1) is 6.92 Å². The molecule has 0 fully saturated rings. The van der Waals surface area contributed by atoms with Crippen LogP contribution < -0.4 is 5.32 Å². The van der Waals surface area contributed by atoms with Crippen molar-refractivity contribution in [3.05, 3.63) is 53.3 Å². The summed E-state index contributed by atoms with van der Waals surface area (Å²) >= 11 is 0. The van der Waals surface area contributed by atoms with Crippen molar-refractivity contribution in [1.82, 2.24) is 20.0 Å². The van der Waals surface area contributed by atoms with Crippen molar-refractivity contribution in [3.63, 3.8) is 0 Å². The number of aromatic nitrogens is 2. The van der Waals surface area contributed by atoms with Gasteiger partial charge in [-0.1, -0.05) is 24.3 Å². The second kappa shape index (κ2) is 7.18. The van der Waals surface area contributed by atoms with E-state index in [1.165, 1.54) is 11.1 Å². The molecule has 0 aliphatic carbocycles. The molecule has 5 nitrogen and oxygen atoms in total. The molecule has 0 bridgehead atoms. The molecule has 0 radical (unpaired) electrons. The fourth-order valence-corrected chi connectivity index (χ4v) is 3.12. The quantitative estimate of drug-likeness (QED) is 0.917. The molecular formula is C19H26N4O. The number of hydrogen-bond acceptors (Lipinski definition) is 3. The van der Waals surface area contributed by atoms with E-state index in [-0.39, 0.29) is 18.0 Å². The normalized spacial score (nSPS) is 16.5. The number of nitrogens with one attached hydrogen (secondary N) is 1. The first kappa shape index (κ1) is 16.7. The van der Waals surface area contributed by atoms with Gasteiger partial charge in [0.1, 0.15) is 0 Å². The van der Waals surface area contributed by atoms with Crippen LogP contribution in [0.5, 0.6) is 0 Å². The van der Waals surface area contributed by atoms with E-state index in [1.807, 2.05) is 35.0 Å². The van der Waals surface area contributed by atoms with E-state index in [4.69, 9.17) is 0 Å². The molecule has 0 spiro atoms. The summed E-state index contributed by atoms with van der Waals surface area (Å²) in [6.07, 6.45) is 4.84. The molecule has 2 heterocycles. The Morgan fingerprint density at radius 2 is 2.04 bits per heavy atom. The Balaban J connectivity index is 1.52. The highest BCUT2D eigenvalue weighted by Gasteiger charge is 2.21. The number of rotatable bonds is 5. The molecule has 1 amide bonds. The van der Waals surface area contributed by atoms with Crippen molar-refractivity contribution < 1.29 is 4.79 Å². The standard InChI is InChI=1S/C19H26N4O/c1-14-10-21-23(12-14)16(3)15(2)20-11-19(24)22-9-8-17-6-4-5-7-18(17)13-22/h4-7,10,12,15-16,20H,8-9,11,13H2,1-3H3/t15-,16+/m0/s1. The molecule has 3 rings (SSSR count). The lowest BCUT2D eigenvalue weighted by atomic mass is 10.00. The molecular weight excluding hydrogens is 300 g/mol. The Bertz CT molecular complexity index is 709. The first-order valence-electron chi connectivity index (χ1n) is 8.63. The predicted molar refractivity (Wildman–Crippen MR) is 94.7 cm³/mol. The minimum atomic E-state index is 0.167. The Kier molecular flexibility index (Phi) is 5.00. The molecule has 0 saturated heterocycles. The van der Waals surface area contributed by atoms with Crippen LogP contribution in [-0.4, -0.2) is 39.7 Å². The van der Waals surface area contributed by atoms with Gasteiger partial charge in [0, 0.05) is 25.3 Å². The molecule has 1 aliphatic rings. The molecule has 1 aromatic heterocycles. The summed E-state index contributed by atoms with van der Waals surface area (Å²) in [6.45, 7) is 8.14. The minimum absolute atomic E-state index is 0.167. The molecule has 2 atom stereocenters. The lowest BCUT2D eigenvalue weighted by Gasteiger charge is -2.30. The first-order valence-corrected chi connectivity index (χ1v) is 8.63. The van der Waals surface area contributed by atoms with Crippen LogP contribution in [0.25, 0.3) is 0 Å². The van der Waals surface area contributed by atoms with Crippen LogP contribution in [0.3, 0.4) is 0 Å². The van der Waals surface area contributed by atoms with Gasteiger partial charge in [0.05, 0.1) is 18.8 Å². The Morgan fingerprint density at radius 3 is 2.75 bits per heavy atom. The van der Waals surface area contributed by atoms with Gasteiger partial charge in [-0.25, -0.2) is 0 Å². The largest absolute Gasteiger partial charge is 0.337 e. The third-order valence-electron chi connectivity index (χ3n) is 4.93. The lowest BCUT2D eigenvalue weighted by molar-refractivity contribution is -0.131. The van der Waals surface area contributed by atoms with Gasteiger partial charge in [0.15, 0.2) is 0 Å². The van der Waals surface area contributed by atoms with Crippen molar-refractivity contribution in [3.8, 4) is 0 Å². The Hall–Kier alpha value is -2.14. The maximum atomic E-state index is 12.5. The van der Waals surface area contributed by atoms with Gasteiger partial charge in [0.25, 0.3) is 0 Å². The summed E-state index contributed by atoms with van der Waals surface area (Å²) < 4.78 is 1.95. The lowest BCUT2D eigenvalue weighted by Crippen LogP contribution is -2.44. The Morgan fingerprint density at radius 1 is 1.29 bits per heavy atom. The molecule has 1 N–H and O–H groups in total. The monoisotopic (exact) mass is 326 g/mol. The zero-order valence-electron chi connectivity index (χ0n) is 14.7. The van der Waals surface area contributed by atoms with Gasteiger partial charge in [-0.3, -0.25) is 9.48 Å². The van der Waals surface area contributed by atoms with Gasteiger partial charge < -0.3 is 10.2 Å². The van der Waals surface area contributed by atoms with Crippen molar-refractivity contribution in [2.45, 2.75) is 45.8 Å². The third-order valence-corrected chi connectivity index (χ3v) is 4.93. The molecule has 128 valence electrons. The van der Waals surface area contributed by atoms with E-state index in [1.54, 1.807) is 0 Å². The number of aryl methyl sites for hydroxylation is 1. The fourth-order valence-electron chi connectivity index (χ4n) is 3.12. The summed E-state index contributed by atoms with van der Waals surface area (Å²) in [4.78, 5) is 14.5. The molecule has 5 heteroatoms. The number of benzene rings is 1. The smallest absolute Gasteiger partial charge is 0.236 e. The topological polar surface area (TPSA) is 50.2 Å². The third kappa shape index (κ3) is 3.67. The van der Waals surface area contributed by atoms with Gasteiger partial charge in [-0.05, 0) is 43.9 Å². The second-order valence-electron chi connectivity index (χ2n) is 6.74. The van der Waals surface area contributed by atoms with Gasteiger partial charge in [0.2, 0.25) is 5.91 Å². The first-order chi connectivity index (χ1) is 11.5. The maximum Gasteiger partial charge on any atom is 0.236 e. The molecule has 2 aromatic rings. The average molecular weight is 326 g/mol. The van der Waals surface area contributed by atoms with Crippen LogP contribution in [0.2, 0.25) is 0 Å². The van der Waals surface area contributed by atoms with Crippen molar-refractivity contribution in [2.24, 2.45) is 0 Å². The van der Waals surface area contributed by atoms with E-state index in [9.17, 15) is 4.79 Å². The zero-order chi connectivity index (χ0) is 17.1. The van der Waals surface area contributed by atoms with Crippen LogP contribution in [0.4, 0.5) is 0 Å². The van der Waals surface area contributed by atoms with Crippen LogP contribution in [-0.2, 0) is 17.8 Å². The van der Waals surface area contributed by atoms with E-state index >= 15 is 0 Å². The number of carbonyl (C=O) groups is 1. The van der Waals surface area contributed by atoms with E-state index in [2.05, 4.69) is 42.5 Å².